The molecule has 0 N–H and O–H groups in total. The predicted octanol–water partition coefficient (Wildman–Crippen LogP) is 7.44. The fraction of sp³-hybridized carbons (Fsp3) is 0.208. The second kappa shape index (κ2) is 20.4. The summed E-state index contributed by atoms with van der Waals surface area (Å²) in [5.41, 5.74) is 14.1. The molecule has 0 saturated carbocycles. The van der Waals surface area contributed by atoms with E-state index in [0.29, 0.717) is 0 Å². The van der Waals surface area contributed by atoms with Crippen LogP contribution in [0.3, 0.4) is 0 Å². The first kappa shape index (κ1) is 44.7. The molecule has 0 radical (unpaired) electrons. The molecule has 1 aliphatic carbocycles. The van der Waals surface area contributed by atoms with Crippen molar-refractivity contribution in [3.05, 3.63) is 233 Å². The number of halogens is 2. The second-order valence-corrected chi connectivity index (χ2v) is 17.7. The molecule has 0 unspecified atom stereocenters. The van der Waals surface area contributed by atoms with Gasteiger partial charge in [-0.05, 0) is 28.4 Å². The molecule has 3 heteroatoms. The van der Waals surface area contributed by atoms with Crippen molar-refractivity contribution in [2.24, 2.45) is 0 Å². The molecule has 0 atom stereocenters. The van der Waals surface area contributed by atoms with Crippen LogP contribution in [0.5, 0.6) is 0 Å². The van der Waals surface area contributed by atoms with Gasteiger partial charge in [-0.1, -0.05) is 65.3 Å². The summed E-state index contributed by atoms with van der Waals surface area (Å²) in [6, 6.07) is 68.8. The minimum Gasteiger partial charge on any atom is -0.214 e. The van der Waals surface area contributed by atoms with Gasteiger partial charge in [-0.15, -0.1) is 11.1 Å². The summed E-state index contributed by atoms with van der Waals surface area (Å²) >= 11 is 1.47. The zero-order chi connectivity index (χ0) is 38.1. The maximum absolute atomic E-state index is 3.67. The minimum absolute atomic E-state index is 0. The van der Waals surface area contributed by atoms with E-state index in [0.717, 1.165) is 6.42 Å². The van der Waals surface area contributed by atoms with Crippen LogP contribution in [0.4, 0.5) is 0 Å². The molecule has 56 heavy (non-hydrogen) atoms. The van der Waals surface area contributed by atoms with Crippen LogP contribution < -0.4 is 24.8 Å². The van der Waals surface area contributed by atoms with Gasteiger partial charge in [-0.3, -0.25) is 0 Å². The summed E-state index contributed by atoms with van der Waals surface area (Å²) in [6.45, 7) is 13.6. The van der Waals surface area contributed by atoms with Crippen molar-refractivity contribution in [2.75, 3.05) is 0 Å². The van der Waals surface area contributed by atoms with Crippen molar-refractivity contribution in [1.29, 1.82) is 0 Å². The zero-order valence-electron chi connectivity index (χ0n) is 33.4. The third kappa shape index (κ3) is 11.3. The number of fused-ring (bicyclic) bond motifs is 3. The quantitative estimate of drug-likeness (QED) is 0.153. The summed E-state index contributed by atoms with van der Waals surface area (Å²) in [6.07, 6.45) is 1.03. The summed E-state index contributed by atoms with van der Waals surface area (Å²) < 4.78 is 1.53. The second-order valence-electron chi connectivity index (χ2n) is 16.2. The third-order valence-corrected chi connectivity index (χ3v) is 11.6. The van der Waals surface area contributed by atoms with Crippen LogP contribution in [-0.4, -0.2) is 3.21 Å². The molecule has 0 amide bonds. The first-order valence-corrected chi connectivity index (χ1v) is 20.4. The van der Waals surface area contributed by atoms with E-state index >= 15 is 0 Å². The molecule has 284 valence electrons. The maximum Gasteiger partial charge on any atom is -0.172 e. The first-order valence-electron chi connectivity index (χ1n) is 19.1. The summed E-state index contributed by atoms with van der Waals surface area (Å²) in [4.78, 5) is 0. The van der Waals surface area contributed by atoms with E-state index in [1.807, 2.05) is 30.3 Å². The van der Waals surface area contributed by atoms with E-state index in [2.05, 4.69) is 199 Å². The van der Waals surface area contributed by atoms with Crippen LogP contribution in [0, 0.1) is 6.07 Å². The van der Waals surface area contributed by atoms with Gasteiger partial charge in [0.05, 0.1) is 0 Å². The van der Waals surface area contributed by atoms with Crippen LogP contribution in [-0.2, 0) is 41.5 Å². The Labute approximate surface area is 364 Å². The van der Waals surface area contributed by atoms with E-state index in [9.17, 15) is 0 Å². The van der Waals surface area contributed by atoms with Crippen LogP contribution in [0.15, 0.2) is 182 Å². The van der Waals surface area contributed by atoms with Crippen molar-refractivity contribution in [3.63, 3.8) is 0 Å². The standard InChI is InChI=1S/C27H22.C21H25.C5H5.2ClH.Zr/c1-5-13-22(14-6-1)26(23-15-7-2-8-16-23)21-27(24-17-9-3-10-18-24)25-19-11-4-12-20-25;1-20(2,3)16-7-9-18-14(12-16)11-15-13-17(21(4,5)6)8-10-19(15)18;1-2-4-5-3-1;;;/h1-20,26-27H;7-10,12H,11H2,1-6H3;1-5H;2*1H;/q;2*-1;;;+2/p-2. The van der Waals surface area contributed by atoms with Crippen LogP contribution in [0.1, 0.15) is 97.9 Å². The number of benzene rings is 6. The molecule has 7 aromatic carbocycles. The van der Waals surface area contributed by atoms with Crippen molar-refractivity contribution in [2.45, 2.75) is 70.6 Å². The molecule has 1 aliphatic rings. The smallest absolute Gasteiger partial charge is 0.172 e. The maximum atomic E-state index is 3.67. The van der Waals surface area contributed by atoms with Gasteiger partial charge in [-0.25, -0.2) is 12.1 Å². The Balaban J connectivity index is 0.000000220. The Morgan fingerprint density at radius 2 is 0.929 bits per heavy atom. The average molecular weight is 851 g/mol. The number of hydrogen-bond donors (Lipinski definition) is 0. The Morgan fingerprint density at radius 3 is 1.29 bits per heavy atom. The predicted molar refractivity (Wildman–Crippen MR) is 227 cm³/mol. The van der Waals surface area contributed by atoms with Gasteiger partial charge in [0.1, 0.15) is 0 Å². The fourth-order valence-electron chi connectivity index (χ4n) is 7.20. The number of rotatable bonds is 6. The van der Waals surface area contributed by atoms with E-state index in [1.165, 1.54) is 83.1 Å². The van der Waals surface area contributed by atoms with Gasteiger partial charge in [0, 0.05) is 0 Å². The van der Waals surface area contributed by atoms with Gasteiger partial charge in [0.25, 0.3) is 0 Å². The Morgan fingerprint density at radius 1 is 0.518 bits per heavy atom. The Bertz CT molecular complexity index is 1970. The van der Waals surface area contributed by atoms with Crippen LogP contribution in [0.2, 0.25) is 0 Å². The van der Waals surface area contributed by atoms with Gasteiger partial charge in [0.2, 0.25) is 0 Å². The number of hydrogen-bond acceptors (Lipinski definition) is 0. The molecule has 7 aromatic rings. The van der Waals surface area contributed by atoms with Crippen molar-refractivity contribution in [3.8, 4) is 11.1 Å². The molecular weight excluding hydrogens is 799 g/mol. The first-order chi connectivity index (χ1) is 26.0. The van der Waals surface area contributed by atoms with Gasteiger partial charge < -0.3 is 24.8 Å². The van der Waals surface area contributed by atoms with Crippen molar-refractivity contribution < 1.29 is 49.0 Å². The molecule has 0 aliphatic heterocycles. The topological polar surface area (TPSA) is 0 Å². The van der Waals surface area contributed by atoms with E-state index in [4.69, 9.17) is 0 Å². The Kier molecular flexibility index (Phi) is 16.3. The van der Waals surface area contributed by atoms with E-state index in [1.54, 1.807) is 0 Å². The van der Waals surface area contributed by atoms with Crippen LogP contribution >= 0.6 is 0 Å². The summed E-state index contributed by atoms with van der Waals surface area (Å²) in [7, 11) is 0. The summed E-state index contributed by atoms with van der Waals surface area (Å²) in [5.74, 6) is 0.567. The van der Waals surface area contributed by atoms with Crippen molar-refractivity contribution in [1.82, 2.24) is 0 Å². The minimum atomic E-state index is 0. The molecule has 0 bridgehead atoms. The van der Waals surface area contributed by atoms with Gasteiger partial charge >= 0.3 is 183 Å². The SMILES string of the molecule is CC(C)(C)c1[c-]c2c(cc1)-c1ccc(C(C)(C)C)cc1C2.[Cl-].[Cl-].[Zr+2]=[C](C(c1ccccc1)c1ccccc1)C(c1ccccc1)c1ccccc1.c1cc[cH-]c1. The largest absolute Gasteiger partial charge is 0.214 e. The third-order valence-electron chi connectivity index (χ3n) is 10.2. The molecule has 0 nitrogen and oxygen atoms in total. The van der Waals surface area contributed by atoms with E-state index < -0.39 is 0 Å². The molecule has 0 saturated heterocycles. The van der Waals surface area contributed by atoms with Gasteiger partial charge in [0.15, 0.2) is 0 Å². The molecule has 0 aromatic heterocycles. The molecule has 0 fully saturated rings. The normalized spacial score (nSPS) is 11.5. The zero-order valence-corrected chi connectivity index (χ0v) is 37.4. The van der Waals surface area contributed by atoms with E-state index in [-0.39, 0.29) is 47.5 Å². The molecule has 0 spiro atoms. The Hall–Kier alpha value is -4.00. The molecule has 8 rings (SSSR count). The van der Waals surface area contributed by atoms with Crippen LogP contribution in [0.25, 0.3) is 11.1 Å². The average Bonchev–Trinajstić information content (AvgIpc) is 3.88. The molecule has 0 heterocycles. The summed E-state index contributed by atoms with van der Waals surface area (Å²) in [5, 5.41) is 0. The fourth-order valence-corrected chi connectivity index (χ4v) is 8.84. The van der Waals surface area contributed by atoms with Crippen molar-refractivity contribution >= 4 is 3.21 Å². The molecular formula is C53H52Cl2Zr-2. The van der Waals surface area contributed by atoms with Gasteiger partial charge in [-0.2, -0.15) is 42.0 Å². The monoisotopic (exact) mass is 848 g/mol.